The van der Waals surface area contributed by atoms with Gasteiger partial charge in [-0.15, -0.1) is 0 Å². The zero-order valence-electron chi connectivity index (χ0n) is 11.1. The number of nitrogens with one attached hydrogen (secondary N) is 2. The minimum absolute atomic E-state index is 0.142. The predicted octanol–water partition coefficient (Wildman–Crippen LogP) is 0.429. The Morgan fingerprint density at radius 2 is 2.16 bits per heavy atom. The van der Waals surface area contributed by atoms with Crippen molar-refractivity contribution < 1.29 is 18.5 Å². The Hall–Kier alpha value is -1.85. The highest BCUT2D eigenvalue weighted by Gasteiger charge is 2.05. The van der Waals surface area contributed by atoms with Gasteiger partial charge in [0.2, 0.25) is 0 Å². The van der Waals surface area contributed by atoms with Crippen LogP contribution in [0, 0.1) is 5.92 Å². The Labute approximate surface area is 111 Å². The van der Waals surface area contributed by atoms with Crippen molar-refractivity contribution >= 4 is 5.96 Å². The van der Waals surface area contributed by atoms with E-state index in [2.05, 4.69) is 28.9 Å². The molecule has 6 heteroatoms. The molecule has 0 amide bonds. The minimum atomic E-state index is -2.81. The van der Waals surface area contributed by atoms with E-state index in [0.717, 1.165) is 12.1 Å². The maximum absolute atomic E-state index is 12.1. The van der Waals surface area contributed by atoms with Crippen LogP contribution in [0.4, 0.5) is 8.78 Å². The minimum Gasteiger partial charge on any atom is -0.435 e. The monoisotopic (exact) mass is 272 g/mol. The third-order valence-corrected chi connectivity index (χ3v) is 2.31. The molecule has 0 unspecified atom stereocenters. The van der Waals surface area contributed by atoms with E-state index in [-0.39, 0.29) is 5.75 Å². The molecule has 0 heterocycles. The molecule has 106 valence electrons. The second kappa shape index (κ2) is 7.56. The summed E-state index contributed by atoms with van der Waals surface area (Å²) >= 11 is 0. The van der Waals surface area contributed by atoms with E-state index < -0.39 is 6.61 Å². The Morgan fingerprint density at radius 1 is 1.42 bits per heavy atom. The van der Waals surface area contributed by atoms with Crippen molar-refractivity contribution in [1.29, 1.82) is 0 Å². The lowest BCUT2D eigenvalue weighted by molar-refractivity contribution is -0.478. The van der Waals surface area contributed by atoms with Crippen LogP contribution in [0.25, 0.3) is 0 Å². The predicted molar refractivity (Wildman–Crippen MR) is 69.8 cm³/mol. The van der Waals surface area contributed by atoms with Gasteiger partial charge >= 0.3 is 12.6 Å². The lowest BCUT2D eigenvalue weighted by Gasteiger charge is -2.05. The number of halogens is 2. The number of benzene rings is 1. The van der Waals surface area contributed by atoms with Crippen LogP contribution in [-0.4, -0.2) is 19.1 Å². The van der Waals surface area contributed by atoms with Gasteiger partial charge in [-0.2, -0.15) is 8.78 Å². The van der Waals surface area contributed by atoms with Crippen LogP contribution in [0.1, 0.15) is 19.4 Å². The zero-order valence-corrected chi connectivity index (χ0v) is 11.1. The molecule has 19 heavy (non-hydrogen) atoms. The van der Waals surface area contributed by atoms with Gasteiger partial charge in [0.05, 0.1) is 13.1 Å². The molecule has 0 aliphatic heterocycles. The van der Waals surface area contributed by atoms with E-state index in [0.29, 0.717) is 18.4 Å². The molecule has 0 saturated carbocycles. The number of hydrogen-bond donors (Lipinski definition) is 3. The molecular formula is C13H20F2N3O+. The lowest BCUT2D eigenvalue weighted by Crippen LogP contribution is -2.77. The zero-order chi connectivity index (χ0) is 14.3. The fourth-order valence-corrected chi connectivity index (χ4v) is 1.41. The molecule has 4 nitrogen and oxygen atoms in total. The van der Waals surface area contributed by atoms with Gasteiger partial charge in [-0.1, -0.05) is 26.0 Å². The summed E-state index contributed by atoms with van der Waals surface area (Å²) in [6.07, 6.45) is 0. The smallest absolute Gasteiger partial charge is 0.387 e. The Morgan fingerprint density at radius 3 is 2.79 bits per heavy atom. The summed E-state index contributed by atoms with van der Waals surface area (Å²) in [7, 11) is 0. The number of rotatable bonds is 6. The summed E-state index contributed by atoms with van der Waals surface area (Å²) in [5, 5.41) is 3.03. The van der Waals surface area contributed by atoms with Gasteiger partial charge < -0.3 is 4.74 Å². The van der Waals surface area contributed by atoms with Gasteiger partial charge in [-0.05, 0) is 23.6 Å². The average Bonchev–Trinajstić information content (AvgIpc) is 2.33. The van der Waals surface area contributed by atoms with E-state index in [1.807, 2.05) is 0 Å². The molecule has 0 radical (unpaired) electrons. The van der Waals surface area contributed by atoms with Crippen molar-refractivity contribution in [2.75, 3.05) is 6.54 Å². The highest BCUT2D eigenvalue weighted by molar-refractivity contribution is 5.71. The summed E-state index contributed by atoms with van der Waals surface area (Å²) in [4.78, 5) is 2.98. The SMILES string of the molecule is CC(C)CNC(N)=[NH+]Cc1cccc(OC(F)F)c1. The molecule has 0 spiro atoms. The third kappa shape index (κ3) is 6.59. The number of alkyl halides is 2. The van der Waals surface area contributed by atoms with Crippen LogP contribution in [0.3, 0.4) is 0 Å². The van der Waals surface area contributed by atoms with Crippen LogP contribution < -0.4 is 20.8 Å². The fourth-order valence-electron chi connectivity index (χ4n) is 1.41. The number of guanidine groups is 1. The summed E-state index contributed by atoms with van der Waals surface area (Å²) in [5.41, 5.74) is 6.54. The van der Waals surface area contributed by atoms with Gasteiger partial charge in [0, 0.05) is 0 Å². The maximum Gasteiger partial charge on any atom is 0.387 e. The number of nitrogens with two attached hydrogens (primary N) is 1. The molecule has 0 aliphatic carbocycles. The highest BCUT2D eigenvalue weighted by atomic mass is 19.3. The van der Waals surface area contributed by atoms with E-state index in [1.54, 1.807) is 18.2 Å². The molecule has 0 saturated heterocycles. The molecule has 4 N–H and O–H groups in total. The van der Waals surface area contributed by atoms with Crippen molar-refractivity contribution in [3.63, 3.8) is 0 Å². The first-order valence-electron chi connectivity index (χ1n) is 6.11. The normalized spacial score (nSPS) is 12.0. The van der Waals surface area contributed by atoms with Crippen LogP contribution in [0.2, 0.25) is 0 Å². The first-order chi connectivity index (χ1) is 8.97. The fraction of sp³-hybridized carbons (Fsp3) is 0.462. The summed E-state index contributed by atoms with van der Waals surface area (Å²) in [6.45, 7) is 2.55. The molecule has 0 fully saturated rings. The largest absolute Gasteiger partial charge is 0.435 e. The van der Waals surface area contributed by atoms with E-state index in [4.69, 9.17) is 5.73 Å². The topological polar surface area (TPSA) is 61.2 Å². The summed E-state index contributed by atoms with van der Waals surface area (Å²) in [5.74, 6) is 1.10. The number of hydrogen-bond acceptors (Lipinski definition) is 1. The molecular weight excluding hydrogens is 252 g/mol. The summed E-state index contributed by atoms with van der Waals surface area (Å²) < 4.78 is 28.5. The third-order valence-electron chi connectivity index (χ3n) is 2.31. The standard InChI is InChI=1S/C13H19F2N3O/c1-9(2)7-17-13(16)18-8-10-4-3-5-11(6-10)19-12(14)15/h3-6,9,12H,7-8H2,1-2H3,(H3,16,17,18)/p+1. The van der Waals surface area contributed by atoms with Crippen LogP contribution in [-0.2, 0) is 6.54 Å². The Bertz CT molecular complexity index is 422. The van der Waals surface area contributed by atoms with Gasteiger partial charge in [0.25, 0.3) is 0 Å². The van der Waals surface area contributed by atoms with Crippen molar-refractivity contribution in [2.24, 2.45) is 11.7 Å². The quantitative estimate of drug-likeness (QED) is 0.520. The van der Waals surface area contributed by atoms with Crippen molar-refractivity contribution in [1.82, 2.24) is 5.32 Å². The Kier molecular flexibility index (Phi) is 6.05. The molecule has 1 aromatic rings. The first kappa shape index (κ1) is 15.2. The second-order valence-corrected chi connectivity index (χ2v) is 4.57. The first-order valence-corrected chi connectivity index (χ1v) is 6.11. The number of ether oxygens (including phenoxy) is 1. The van der Waals surface area contributed by atoms with Crippen LogP contribution in [0.5, 0.6) is 5.75 Å². The van der Waals surface area contributed by atoms with Crippen molar-refractivity contribution in [3.8, 4) is 5.75 Å². The van der Waals surface area contributed by atoms with Crippen LogP contribution in [0.15, 0.2) is 24.3 Å². The van der Waals surface area contributed by atoms with Gasteiger partial charge in [0.1, 0.15) is 5.75 Å². The highest BCUT2D eigenvalue weighted by Crippen LogP contribution is 2.14. The second-order valence-electron chi connectivity index (χ2n) is 4.57. The van der Waals surface area contributed by atoms with Crippen LogP contribution >= 0.6 is 0 Å². The van der Waals surface area contributed by atoms with Crippen molar-refractivity contribution in [3.05, 3.63) is 29.8 Å². The molecule has 0 aromatic heterocycles. The summed E-state index contributed by atoms with van der Waals surface area (Å²) in [6, 6.07) is 6.50. The molecule has 1 aromatic carbocycles. The van der Waals surface area contributed by atoms with Gasteiger partial charge in [-0.25, -0.2) is 0 Å². The van der Waals surface area contributed by atoms with Gasteiger partial charge in [-0.3, -0.25) is 16.0 Å². The van der Waals surface area contributed by atoms with Gasteiger partial charge in [0.15, 0.2) is 0 Å². The maximum atomic E-state index is 12.1. The molecule has 0 aliphatic rings. The van der Waals surface area contributed by atoms with Crippen molar-refractivity contribution in [2.45, 2.75) is 27.0 Å². The molecule has 0 atom stereocenters. The van der Waals surface area contributed by atoms with E-state index in [1.165, 1.54) is 6.07 Å². The van der Waals surface area contributed by atoms with E-state index >= 15 is 0 Å². The average molecular weight is 272 g/mol. The molecule has 1 rings (SSSR count). The Balaban J connectivity index is 2.54. The lowest BCUT2D eigenvalue weighted by atomic mass is 10.2. The van der Waals surface area contributed by atoms with E-state index in [9.17, 15) is 8.78 Å². The molecule has 0 bridgehead atoms.